The molecular weight excluding hydrogens is 428 g/mol. The molecule has 7 heteroatoms. The summed E-state index contributed by atoms with van der Waals surface area (Å²) in [6.07, 6.45) is 2.26. The van der Waals surface area contributed by atoms with Crippen LogP contribution in [-0.2, 0) is 13.0 Å². The van der Waals surface area contributed by atoms with Gasteiger partial charge in [0.1, 0.15) is 0 Å². The van der Waals surface area contributed by atoms with Gasteiger partial charge in [-0.15, -0.1) is 0 Å². The molecule has 1 aromatic heterocycles. The van der Waals surface area contributed by atoms with Crippen molar-refractivity contribution < 1.29 is 9.72 Å². The lowest BCUT2D eigenvalue weighted by molar-refractivity contribution is -0.385. The number of hydrogen-bond donors (Lipinski definition) is 1. The molecule has 0 atom stereocenters. The molecule has 178 valence electrons. The second-order valence-corrected chi connectivity index (χ2v) is 8.93. The molecule has 0 radical (unpaired) electrons. The zero-order valence-corrected chi connectivity index (χ0v) is 20.2. The maximum Gasteiger partial charge on any atom is 0.322 e. The first kappa shape index (κ1) is 24.9. The van der Waals surface area contributed by atoms with Crippen LogP contribution in [0, 0.1) is 10.1 Å². The summed E-state index contributed by atoms with van der Waals surface area (Å²) < 4.78 is 0. The number of nitrogens with one attached hydrogen (secondary N) is 1. The average molecular weight is 461 g/mol. The quantitative estimate of drug-likeness (QED) is 0.291. The van der Waals surface area contributed by atoms with E-state index in [0.29, 0.717) is 18.5 Å². The largest absolute Gasteiger partial charge is 0.322 e. The van der Waals surface area contributed by atoms with Crippen molar-refractivity contribution in [1.29, 1.82) is 0 Å². The molecule has 2 amide bonds. The highest BCUT2D eigenvalue weighted by atomic mass is 16.6. The van der Waals surface area contributed by atoms with Gasteiger partial charge < -0.3 is 10.2 Å². The van der Waals surface area contributed by atoms with E-state index < -0.39 is 4.92 Å². The first-order valence-electron chi connectivity index (χ1n) is 11.6. The normalized spacial score (nSPS) is 11.0. The van der Waals surface area contributed by atoms with Gasteiger partial charge in [0, 0.05) is 42.2 Å². The number of aromatic nitrogens is 1. The zero-order chi connectivity index (χ0) is 24.7. The average Bonchev–Trinajstić information content (AvgIpc) is 2.82. The Kier molecular flexibility index (Phi) is 8.35. The number of carbonyl (C=O) groups excluding carboxylic acids is 1. The van der Waals surface area contributed by atoms with Crippen LogP contribution < -0.4 is 5.32 Å². The van der Waals surface area contributed by atoms with Gasteiger partial charge in [-0.05, 0) is 35.1 Å². The molecule has 0 saturated heterocycles. The first-order valence-corrected chi connectivity index (χ1v) is 11.6. The van der Waals surface area contributed by atoms with E-state index in [4.69, 9.17) is 0 Å². The summed E-state index contributed by atoms with van der Waals surface area (Å²) in [5.41, 5.74) is 4.30. The highest BCUT2D eigenvalue weighted by molar-refractivity contribution is 5.91. The number of nitrogens with zero attached hydrogens (tertiary/aromatic N) is 3. The Morgan fingerprint density at radius 1 is 0.971 bits per heavy atom. The summed E-state index contributed by atoms with van der Waals surface area (Å²) in [7, 11) is 0. The molecule has 34 heavy (non-hydrogen) atoms. The minimum absolute atomic E-state index is 0.00332. The van der Waals surface area contributed by atoms with Gasteiger partial charge in [0.25, 0.3) is 5.69 Å². The molecule has 0 fully saturated rings. The van der Waals surface area contributed by atoms with Crippen LogP contribution in [0.4, 0.5) is 16.2 Å². The van der Waals surface area contributed by atoms with E-state index in [2.05, 4.69) is 38.0 Å². The number of para-hydroxylation sites is 2. The summed E-state index contributed by atoms with van der Waals surface area (Å²) in [6.45, 7) is 8.89. The summed E-state index contributed by atoms with van der Waals surface area (Å²) in [5, 5.41) is 14.7. The van der Waals surface area contributed by atoms with E-state index in [-0.39, 0.29) is 30.1 Å². The lowest BCUT2D eigenvalue weighted by Crippen LogP contribution is -2.37. The number of urea groups is 1. The highest BCUT2D eigenvalue weighted by Gasteiger charge is 2.22. The minimum atomic E-state index is -0.408. The van der Waals surface area contributed by atoms with E-state index in [1.807, 2.05) is 36.4 Å². The van der Waals surface area contributed by atoms with Crippen molar-refractivity contribution in [3.05, 3.63) is 99.4 Å². The Morgan fingerprint density at radius 3 is 2.21 bits per heavy atom. The summed E-state index contributed by atoms with van der Waals surface area (Å²) >= 11 is 0. The number of nitro groups is 1. The number of carbonyl (C=O) groups is 1. The lowest BCUT2D eigenvalue weighted by Gasteiger charge is -2.26. The third-order valence-electron chi connectivity index (χ3n) is 5.81. The van der Waals surface area contributed by atoms with Gasteiger partial charge in [-0.1, -0.05) is 70.2 Å². The highest BCUT2D eigenvalue weighted by Crippen LogP contribution is 2.33. The van der Waals surface area contributed by atoms with Crippen molar-refractivity contribution in [2.24, 2.45) is 0 Å². The van der Waals surface area contributed by atoms with Crippen LogP contribution in [0.2, 0.25) is 0 Å². The minimum Gasteiger partial charge on any atom is -0.320 e. The molecule has 0 aliphatic rings. The molecule has 1 N–H and O–H groups in total. The van der Waals surface area contributed by atoms with Gasteiger partial charge in [0.2, 0.25) is 0 Å². The Morgan fingerprint density at radius 2 is 1.62 bits per heavy atom. The summed E-state index contributed by atoms with van der Waals surface area (Å²) in [4.78, 5) is 30.7. The number of pyridine rings is 1. The predicted octanol–water partition coefficient (Wildman–Crippen LogP) is 6.51. The van der Waals surface area contributed by atoms with Gasteiger partial charge in [-0.3, -0.25) is 15.1 Å². The number of hydrogen-bond acceptors (Lipinski definition) is 4. The molecule has 0 bridgehead atoms. The van der Waals surface area contributed by atoms with Crippen LogP contribution in [0.15, 0.2) is 66.9 Å². The molecule has 2 aromatic carbocycles. The second kappa shape index (κ2) is 11.4. The molecule has 3 rings (SSSR count). The first-order chi connectivity index (χ1) is 16.3. The molecular formula is C27H32N4O3. The van der Waals surface area contributed by atoms with Crippen LogP contribution >= 0.6 is 0 Å². The van der Waals surface area contributed by atoms with Crippen LogP contribution in [0.3, 0.4) is 0 Å². The zero-order valence-electron chi connectivity index (χ0n) is 20.2. The third kappa shape index (κ3) is 6.19. The van der Waals surface area contributed by atoms with E-state index in [9.17, 15) is 14.9 Å². The standard InChI is InChI=1S/C27H32N4O3/c1-19(2)23-12-9-13-24(20(3)4)26(23)29-27(32)30(17-15-22-11-7-8-16-28-22)18-21-10-5-6-14-25(21)31(33)34/h5-14,16,19-20H,15,17-18H2,1-4H3,(H,29,32). The van der Waals surface area contributed by atoms with E-state index in [0.717, 1.165) is 22.5 Å². The van der Waals surface area contributed by atoms with Crippen LogP contribution in [0.5, 0.6) is 0 Å². The fraction of sp³-hybridized carbons (Fsp3) is 0.333. The molecule has 0 aliphatic heterocycles. The van der Waals surface area contributed by atoms with Crippen LogP contribution in [-0.4, -0.2) is 27.4 Å². The Bertz CT molecular complexity index is 1100. The number of amides is 2. The Hall–Kier alpha value is -3.74. The van der Waals surface area contributed by atoms with Gasteiger partial charge in [-0.25, -0.2) is 4.79 Å². The maximum atomic E-state index is 13.6. The number of benzene rings is 2. The van der Waals surface area contributed by atoms with Crippen molar-refractivity contribution in [3.8, 4) is 0 Å². The van der Waals surface area contributed by atoms with Crippen molar-refractivity contribution in [1.82, 2.24) is 9.88 Å². The van der Waals surface area contributed by atoms with Crippen molar-refractivity contribution in [2.45, 2.75) is 52.5 Å². The van der Waals surface area contributed by atoms with Crippen LogP contribution in [0.25, 0.3) is 0 Å². The van der Waals surface area contributed by atoms with Gasteiger partial charge in [0.05, 0.1) is 11.5 Å². The number of rotatable bonds is 9. The van der Waals surface area contributed by atoms with Gasteiger partial charge >= 0.3 is 6.03 Å². The van der Waals surface area contributed by atoms with Crippen molar-refractivity contribution in [2.75, 3.05) is 11.9 Å². The van der Waals surface area contributed by atoms with E-state index in [1.165, 1.54) is 6.07 Å². The molecule has 1 heterocycles. The SMILES string of the molecule is CC(C)c1cccc(C(C)C)c1NC(=O)N(CCc1ccccn1)Cc1ccccc1[N+](=O)[O-]. The Labute approximate surface area is 201 Å². The van der Waals surface area contributed by atoms with E-state index in [1.54, 1.807) is 29.3 Å². The van der Waals surface area contributed by atoms with Gasteiger partial charge in [0.15, 0.2) is 0 Å². The molecule has 0 unspecified atom stereocenters. The fourth-order valence-electron chi connectivity index (χ4n) is 3.96. The monoisotopic (exact) mass is 460 g/mol. The molecule has 3 aromatic rings. The predicted molar refractivity (Wildman–Crippen MR) is 135 cm³/mol. The molecule has 0 spiro atoms. The fourth-order valence-corrected chi connectivity index (χ4v) is 3.96. The summed E-state index contributed by atoms with van der Waals surface area (Å²) in [6, 6.07) is 18.0. The number of nitro benzene ring substituents is 1. The van der Waals surface area contributed by atoms with Crippen LogP contribution in [0.1, 0.15) is 61.9 Å². The second-order valence-electron chi connectivity index (χ2n) is 8.93. The summed E-state index contributed by atoms with van der Waals surface area (Å²) in [5.74, 6) is 0.456. The third-order valence-corrected chi connectivity index (χ3v) is 5.81. The Balaban J connectivity index is 1.93. The molecule has 0 aliphatic carbocycles. The maximum absolute atomic E-state index is 13.6. The smallest absolute Gasteiger partial charge is 0.320 e. The number of anilines is 1. The molecule has 0 saturated carbocycles. The van der Waals surface area contributed by atoms with Gasteiger partial charge in [-0.2, -0.15) is 0 Å². The van der Waals surface area contributed by atoms with E-state index >= 15 is 0 Å². The lowest BCUT2D eigenvalue weighted by atomic mass is 9.93. The van der Waals surface area contributed by atoms with Crippen molar-refractivity contribution in [3.63, 3.8) is 0 Å². The van der Waals surface area contributed by atoms with Crippen molar-refractivity contribution >= 4 is 17.4 Å². The topological polar surface area (TPSA) is 88.4 Å². The molecule has 7 nitrogen and oxygen atoms in total.